The molecule has 0 saturated carbocycles. The van der Waals surface area contributed by atoms with Crippen LogP contribution >= 0.6 is 24.0 Å². The maximum absolute atomic E-state index is 11.5. The Balaban J connectivity index is 0. The molecule has 1 amide bonds. The smallest absolute Gasteiger partial charge is 0.243 e. The number of amides is 1. The largest absolute Gasteiger partial charge is 0.356 e. The molecule has 20 heavy (non-hydrogen) atoms. The van der Waals surface area contributed by atoms with Crippen LogP contribution in [-0.2, 0) is 4.79 Å². The molecule has 0 spiro atoms. The van der Waals surface area contributed by atoms with Crippen molar-refractivity contribution in [1.82, 2.24) is 15.5 Å². The number of hydrogen-bond acceptors (Lipinski definition) is 2. The zero-order valence-electron chi connectivity index (χ0n) is 13.1. The minimum absolute atomic E-state index is 0. The number of aliphatic imine (C=N–C) groups is 1. The fraction of sp³-hybridized carbons (Fsp3) is 0.714. The Hall–Kier alpha value is -0.790. The SMILES string of the molecule is C=CCNC(=NCC(=O)N(C)C)NCC(CC)CC.I. The number of rotatable bonds is 8. The zero-order valence-corrected chi connectivity index (χ0v) is 15.4. The molecule has 2 N–H and O–H groups in total. The number of halogens is 1. The molecule has 0 aromatic carbocycles. The zero-order chi connectivity index (χ0) is 14.7. The summed E-state index contributed by atoms with van der Waals surface area (Å²) in [7, 11) is 3.46. The van der Waals surface area contributed by atoms with Gasteiger partial charge in [0, 0.05) is 27.2 Å². The van der Waals surface area contributed by atoms with Gasteiger partial charge in [-0.1, -0.05) is 32.8 Å². The lowest BCUT2D eigenvalue weighted by Crippen LogP contribution is -2.40. The number of carbonyl (C=O) groups excluding carboxylic acids is 1. The van der Waals surface area contributed by atoms with Gasteiger partial charge in [-0.3, -0.25) is 4.79 Å². The van der Waals surface area contributed by atoms with Crippen molar-refractivity contribution in [3.63, 3.8) is 0 Å². The van der Waals surface area contributed by atoms with Crippen LogP contribution in [0, 0.1) is 5.92 Å². The molecule has 0 aliphatic heterocycles. The molecule has 0 rings (SSSR count). The molecule has 0 atom stereocenters. The van der Waals surface area contributed by atoms with Crippen molar-refractivity contribution in [2.75, 3.05) is 33.7 Å². The molecule has 0 fully saturated rings. The van der Waals surface area contributed by atoms with E-state index in [1.807, 2.05) is 0 Å². The van der Waals surface area contributed by atoms with Gasteiger partial charge in [0.2, 0.25) is 5.91 Å². The number of nitrogens with one attached hydrogen (secondary N) is 2. The van der Waals surface area contributed by atoms with E-state index in [9.17, 15) is 4.79 Å². The third kappa shape index (κ3) is 10.1. The molecule has 0 heterocycles. The van der Waals surface area contributed by atoms with E-state index < -0.39 is 0 Å². The van der Waals surface area contributed by atoms with Gasteiger partial charge < -0.3 is 15.5 Å². The molecule has 118 valence electrons. The first-order valence-corrected chi connectivity index (χ1v) is 6.88. The number of guanidine groups is 1. The average molecular weight is 396 g/mol. The molecule has 0 aromatic rings. The first kappa shape index (κ1) is 21.5. The first-order valence-electron chi connectivity index (χ1n) is 6.88. The summed E-state index contributed by atoms with van der Waals surface area (Å²) < 4.78 is 0. The molecule has 0 radical (unpaired) electrons. The summed E-state index contributed by atoms with van der Waals surface area (Å²) in [6.07, 6.45) is 4.03. The third-order valence-electron chi connectivity index (χ3n) is 3.00. The fourth-order valence-corrected chi connectivity index (χ4v) is 1.45. The second-order valence-corrected chi connectivity index (χ2v) is 4.69. The van der Waals surface area contributed by atoms with E-state index in [1.165, 1.54) is 4.90 Å². The summed E-state index contributed by atoms with van der Waals surface area (Å²) in [5, 5.41) is 6.39. The van der Waals surface area contributed by atoms with Gasteiger partial charge in [-0.2, -0.15) is 0 Å². The maximum atomic E-state index is 11.5. The Morgan fingerprint density at radius 1 is 1.30 bits per heavy atom. The molecule has 0 aromatic heterocycles. The van der Waals surface area contributed by atoms with Gasteiger partial charge in [-0.05, 0) is 5.92 Å². The van der Waals surface area contributed by atoms with Crippen LogP contribution in [0.3, 0.4) is 0 Å². The molecule has 6 heteroatoms. The Bertz CT molecular complexity index is 302. The minimum Gasteiger partial charge on any atom is -0.356 e. The van der Waals surface area contributed by atoms with Crippen LogP contribution < -0.4 is 10.6 Å². The minimum atomic E-state index is -0.0118. The summed E-state index contributed by atoms with van der Waals surface area (Å²) in [5.74, 6) is 1.28. The normalized spacial score (nSPS) is 10.8. The van der Waals surface area contributed by atoms with Crippen LogP contribution in [0.25, 0.3) is 0 Å². The van der Waals surface area contributed by atoms with Crippen LogP contribution in [0.15, 0.2) is 17.6 Å². The Labute approximate surface area is 140 Å². The molecular formula is C14H29IN4O. The number of hydrogen-bond donors (Lipinski definition) is 2. The summed E-state index contributed by atoms with van der Waals surface area (Å²) in [4.78, 5) is 17.3. The lowest BCUT2D eigenvalue weighted by molar-refractivity contribution is -0.127. The van der Waals surface area contributed by atoms with E-state index in [4.69, 9.17) is 0 Å². The van der Waals surface area contributed by atoms with E-state index in [1.54, 1.807) is 20.2 Å². The van der Waals surface area contributed by atoms with Gasteiger partial charge in [0.15, 0.2) is 5.96 Å². The van der Waals surface area contributed by atoms with Crippen molar-refractivity contribution in [3.8, 4) is 0 Å². The topological polar surface area (TPSA) is 56.7 Å². The van der Waals surface area contributed by atoms with Gasteiger partial charge in [-0.25, -0.2) is 4.99 Å². The van der Waals surface area contributed by atoms with Crippen LogP contribution in [0.1, 0.15) is 26.7 Å². The summed E-state index contributed by atoms with van der Waals surface area (Å²) in [6.45, 7) is 9.68. The van der Waals surface area contributed by atoms with Crippen molar-refractivity contribution in [2.45, 2.75) is 26.7 Å². The van der Waals surface area contributed by atoms with Gasteiger partial charge in [0.25, 0.3) is 0 Å². The lowest BCUT2D eigenvalue weighted by atomic mass is 10.0. The second-order valence-electron chi connectivity index (χ2n) is 4.69. The Morgan fingerprint density at radius 2 is 1.90 bits per heavy atom. The average Bonchev–Trinajstić information content (AvgIpc) is 2.41. The lowest BCUT2D eigenvalue weighted by Gasteiger charge is -2.17. The highest BCUT2D eigenvalue weighted by Crippen LogP contribution is 2.04. The molecule has 0 bridgehead atoms. The Kier molecular flexibility index (Phi) is 14.2. The van der Waals surface area contributed by atoms with Crippen molar-refractivity contribution in [3.05, 3.63) is 12.7 Å². The first-order chi connectivity index (χ1) is 9.04. The standard InChI is InChI=1S/C14H28N4O.HI/c1-6-9-15-14(16-10-12(7-2)8-3)17-11-13(19)18(4)5;/h6,12H,1,7-11H2,2-5H3,(H2,15,16,17);1H. The van der Waals surface area contributed by atoms with Gasteiger partial charge in [-0.15, -0.1) is 30.6 Å². The van der Waals surface area contributed by atoms with Crippen LogP contribution in [0.2, 0.25) is 0 Å². The predicted octanol–water partition coefficient (Wildman–Crippen LogP) is 1.85. The van der Waals surface area contributed by atoms with Gasteiger partial charge in [0.1, 0.15) is 6.54 Å². The molecular weight excluding hydrogens is 367 g/mol. The highest BCUT2D eigenvalue weighted by Gasteiger charge is 2.06. The van der Waals surface area contributed by atoms with E-state index in [-0.39, 0.29) is 36.4 Å². The van der Waals surface area contributed by atoms with Crippen LogP contribution in [0.5, 0.6) is 0 Å². The molecule has 0 aliphatic rings. The maximum Gasteiger partial charge on any atom is 0.243 e. The van der Waals surface area contributed by atoms with Crippen molar-refractivity contribution in [2.24, 2.45) is 10.9 Å². The molecule has 0 aliphatic carbocycles. The highest BCUT2D eigenvalue weighted by molar-refractivity contribution is 14.0. The fourth-order valence-electron chi connectivity index (χ4n) is 1.45. The van der Waals surface area contributed by atoms with E-state index in [0.717, 1.165) is 19.4 Å². The third-order valence-corrected chi connectivity index (χ3v) is 3.00. The van der Waals surface area contributed by atoms with E-state index in [2.05, 4.69) is 36.1 Å². The van der Waals surface area contributed by atoms with Gasteiger partial charge >= 0.3 is 0 Å². The van der Waals surface area contributed by atoms with Crippen LogP contribution in [0.4, 0.5) is 0 Å². The molecule has 5 nitrogen and oxygen atoms in total. The number of carbonyl (C=O) groups is 1. The molecule has 0 saturated heterocycles. The second kappa shape index (κ2) is 13.2. The molecule has 0 unspecified atom stereocenters. The van der Waals surface area contributed by atoms with E-state index >= 15 is 0 Å². The van der Waals surface area contributed by atoms with Crippen molar-refractivity contribution in [1.29, 1.82) is 0 Å². The predicted molar refractivity (Wildman–Crippen MR) is 96.7 cm³/mol. The van der Waals surface area contributed by atoms with Crippen molar-refractivity contribution >= 4 is 35.8 Å². The summed E-state index contributed by atoms with van der Waals surface area (Å²) >= 11 is 0. The summed E-state index contributed by atoms with van der Waals surface area (Å²) in [5.41, 5.74) is 0. The number of nitrogens with zero attached hydrogens (tertiary/aromatic N) is 2. The number of likely N-dealkylation sites (N-methyl/N-ethyl adjacent to an activating group) is 1. The van der Waals surface area contributed by atoms with Gasteiger partial charge in [0.05, 0.1) is 0 Å². The monoisotopic (exact) mass is 396 g/mol. The van der Waals surface area contributed by atoms with Crippen LogP contribution in [-0.4, -0.2) is 50.5 Å². The van der Waals surface area contributed by atoms with Crippen molar-refractivity contribution < 1.29 is 4.79 Å². The van der Waals surface area contributed by atoms with E-state index in [0.29, 0.717) is 18.4 Å². The Morgan fingerprint density at radius 3 is 2.35 bits per heavy atom. The summed E-state index contributed by atoms with van der Waals surface area (Å²) in [6, 6.07) is 0. The quantitative estimate of drug-likeness (QED) is 0.285. The highest BCUT2D eigenvalue weighted by atomic mass is 127.